The van der Waals surface area contributed by atoms with E-state index in [0.29, 0.717) is 36.2 Å². The predicted molar refractivity (Wildman–Crippen MR) is 155 cm³/mol. The maximum Gasteiger partial charge on any atom is 0.256 e. The summed E-state index contributed by atoms with van der Waals surface area (Å²) in [7, 11) is 3.33. The molecule has 0 spiro atoms. The minimum absolute atomic E-state index is 0.0347. The molecule has 0 bridgehead atoms. The zero-order valence-corrected chi connectivity index (χ0v) is 24.4. The van der Waals surface area contributed by atoms with Crippen LogP contribution in [0.15, 0.2) is 18.2 Å². The van der Waals surface area contributed by atoms with Gasteiger partial charge in [0.2, 0.25) is 12.3 Å². The predicted octanol–water partition coefficient (Wildman–Crippen LogP) is 3.95. The van der Waals surface area contributed by atoms with Crippen LogP contribution >= 0.6 is 0 Å². The van der Waals surface area contributed by atoms with Crippen LogP contribution in [0.5, 0.6) is 0 Å². The van der Waals surface area contributed by atoms with Crippen molar-refractivity contribution >= 4 is 35.6 Å². The van der Waals surface area contributed by atoms with Crippen molar-refractivity contribution in [1.29, 1.82) is 0 Å². The van der Waals surface area contributed by atoms with Gasteiger partial charge >= 0.3 is 0 Å². The zero-order chi connectivity index (χ0) is 30.1. The van der Waals surface area contributed by atoms with E-state index in [1.165, 1.54) is 22.6 Å². The lowest BCUT2D eigenvalue weighted by molar-refractivity contribution is -0.129. The second-order valence-corrected chi connectivity index (χ2v) is 8.80. The number of amides is 3. The van der Waals surface area contributed by atoms with Crippen LogP contribution in [0.1, 0.15) is 68.1 Å². The van der Waals surface area contributed by atoms with E-state index in [0.717, 1.165) is 23.4 Å². The van der Waals surface area contributed by atoms with E-state index in [-0.39, 0.29) is 36.8 Å². The average molecular weight is 549 g/mol. The van der Waals surface area contributed by atoms with Crippen LogP contribution in [0.3, 0.4) is 0 Å². The summed E-state index contributed by atoms with van der Waals surface area (Å²) in [6, 6.07) is 4.31. The summed E-state index contributed by atoms with van der Waals surface area (Å²) in [4.78, 5) is 36.9. The Bertz CT molecular complexity index is 1100. The van der Waals surface area contributed by atoms with E-state index in [4.69, 9.17) is 10.2 Å². The largest absolute Gasteiger partial charge is 0.396 e. The molecule has 0 fully saturated rings. The number of hydrogen-bond acceptors (Lipinski definition) is 5. The van der Waals surface area contributed by atoms with Crippen LogP contribution in [0.2, 0.25) is 0 Å². The first-order chi connectivity index (χ1) is 18.5. The molecule has 1 aliphatic heterocycles. The van der Waals surface area contributed by atoms with Crippen molar-refractivity contribution < 1.29 is 29.0 Å². The minimum Gasteiger partial charge on any atom is -0.396 e. The molecule has 3 amide bonds. The maximum absolute atomic E-state index is 13.4. The number of carbonyl (C=O) groups is 3. The molecule has 39 heavy (non-hydrogen) atoms. The highest BCUT2D eigenvalue weighted by Crippen LogP contribution is 2.34. The van der Waals surface area contributed by atoms with Gasteiger partial charge < -0.3 is 30.7 Å². The topological polar surface area (TPSA) is 135 Å². The molecule has 0 radical (unpaired) electrons. The van der Waals surface area contributed by atoms with Gasteiger partial charge in [0, 0.05) is 49.7 Å². The fourth-order valence-corrected chi connectivity index (χ4v) is 3.30. The number of aryl methyl sites for hydroxylation is 1. The number of nitrogens with one attached hydrogen (secondary N) is 3. The van der Waals surface area contributed by atoms with Gasteiger partial charge in [0.1, 0.15) is 5.82 Å². The van der Waals surface area contributed by atoms with E-state index >= 15 is 0 Å². The number of carbonyl (C=O) groups excluding carboxylic acids is 3. The molecule has 1 aromatic heterocycles. The fraction of sp³-hybridized carbons (Fsp3) is 0.483. The van der Waals surface area contributed by atoms with Crippen molar-refractivity contribution in [3.63, 3.8) is 0 Å². The Morgan fingerprint density at radius 1 is 1.18 bits per heavy atom. The molecule has 0 saturated heterocycles. The van der Waals surface area contributed by atoms with Crippen LogP contribution in [-0.2, 0) is 14.4 Å². The second kappa shape index (κ2) is 18.7. The molecule has 1 atom stereocenters. The number of aromatic nitrogens is 1. The van der Waals surface area contributed by atoms with Gasteiger partial charge in [-0.15, -0.1) is 0 Å². The standard InChI is InChI=1S/C16H15FN2O.C6H13NO2.C5H11NO2.C2H6/c1-8-9(2)15(18-10(8)3)7-13-12-6-11(17)4-5-14(12)19-16(13)20;1-2-6(9)3-4-7-5-8;1-6(2)5(8)3-4-7;1-2/h4-7,18H,1-3H3,(H,19,20);5-6,9H,2-4H2,1H3,(H,7,8);7H,3-4H2,1-2H3;1-2H3/b13-7-;;;. The van der Waals surface area contributed by atoms with E-state index in [2.05, 4.69) is 15.6 Å². The number of benzene rings is 1. The van der Waals surface area contributed by atoms with Crippen LogP contribution in [-0.4, -0.2) is 71.7 Å². The zero-order valence-electron chi connectivity index (χ0n) is 24.4. The monoisotopic (exact) mass is 548 g/mol. The highest BCUT2D eigenvalue weighted by molar-refractivity contribution is 6.34. The summed E-state index contributed by atoms with van der Waals surface area (Å²) in [5.41, 5.74) is 6.00. The lowest BCUT2D eigenvalue weighted by atomic mass is 10.0. The van der Waals surface area contributed by atoms with Crippen molar-refractivity contribution in [3.05, 3.63) is 52.1 Å². The highest BCUT2D eigenvalue weighted by atomic mass is 19.1. The summed E-state index contributed by atoms with van der Waals surface area (Å²) >= 11 is 0. The molecule has 0 aliphatic carbocycles. The quantitative estimate of drug-likeness (QED) is 0.193. The van der Waals surface area contributed by atoms with Crippen LogP contribution in [0, 0.1) is 26.6 Å². The number of aliphatic hydroxyl groups is 2. The van der Waals surface area contributed by atoms with Gasteiger partial charge in [0.25, 0.3) is 5.91 Å². The summed E-state index contributed by atoms with van der Waals surface area (Å²) in [6.07, 6.45) is 3.79. The molecule has 0 saturated carbocycles. The number of aliphatic hydroxyl groups excluding tert-OH is 2. The van der Waals surface area contributed by atoms with Crippen molar-refractivity contribution in [2.45, 2.75) is 66.9 Å². The van der Waals surface area contributed by atoms with Gasteiger partial charge in [-0.1, -0.05) is 20.8 Å². The van der Waals surface area contributed by atoms with Crippen LogP contribution in [0.25, 0.3) is 11.6 Å². The minimum atomic E-state index is -0.346. The lowest BCUT2D eigenvalue weighted by Crippen LogP contribution is -2.22. The number of halogens is 1. The van der Waals surface area contributed by atoms with Crippen molar-refractivity contribution in [2.24, 2.45) is 0 Å². The van der Waals surface area contributed by atoms with Gasteiger partial charge in [-0.2, -0.15) is 0 Å². The van der Waals surface area contributed by atoms with Crippen LogP contribution in [0.4, 0.5) is 10.1 Å². The molecule has 10 heteroatoms. The van der Waals surface area contributed by atoms with E-state index < -0.39 is 0 Å². The third-order valence-corrected chi connectivity index (χ3v) is 5.91. The fourth-order valence-electron chi connectivity index (χ4n) is 3.30. The number of nitrogens with zero attached hydrogens (tertiary/aromatic N) is 1. The van der Waals surface area contributed by atoms with Gasteiger partial charge in [-0.25, -0.2) is 4.39 Å². The van der Waals surface area contributed by atoms with E-state index in [9.17, 15) is 18.8 Å². The first-order valence-corrected chi connectivity index (χ1v) is 13.1. The number of hydrogen-bond donors (Lipinski definition) is 5. The molecular formula is C29H45FN4O5. The summed E-state index contributed by atoms with van der Waals surface area (Å²) in [5, 5.41) is 22.4. The van der Waals surface area contributed by atoms with Gasteiger partial charge in [0.15, 0.2) is 0 Å². The van der Waals surface area contributed by atoms with Gasteiger partial charge in [-0.3, -0.25) is 14.4 Å². The maximum atomic E-state index is 13.4. The third kappa shape index (κ3) is 11.8. The number of fused-ring (bicyclic) bond motifs is 1. The van der Waals surface area contributed by atoms with Crippen molar-refractivity contribution in [2.75, 3.05) is 32.6 Å². The molecule has 218 valence electrons. The molecule has 1 unspecified atom stereocenters. The van der Waals surface area contributed by atoms with E-state index in [1.807, 2.05) is 41.5 Å². The Labute approximate surface area is 231 Å². The summed E-state index contributed by atoms with van der Waals surface area (Å²) in [6.45, 7) is 12.4. The molecule has 5 N–H and O–H groups in total. The Balaban J connectivity index is 0.000000637. The van der Waals surface area contributed by atoms with Crippen molar-refractivity contribution in [3.8, 4) is 0 Å². The molecule has 2 heterocycles. The lowest BCUT2D eigenvalue weighted by Gasteiger charge is -2.07. The molecule has 1 aliphatic rings. The Morgan fingerprint density at radius 2 is 1.82 bits per heavy atom. The van der Waals surface area contributed by atoms with E-state index in [1.54, 1.807) is 26.2 Å². The summed E-state index contributed by atoms with van der Waals surface area (Å²) in [5.74, 6) is -0.580. The third-order valence-electron chi connectivity index (χ3n) is 5.91. The smallest absolute Gasteiger partial charge is 0.256 e. The molecule has 3 rings (SSSR count). The number of aromatic amines is 1. The second-order valence-electron chi connectivity index (χ2n) is 8.80. The van der Waals surface area contributed by atoms with Crippen LogP contribution < -0.4 is 10.6 Å². The average Bonchev–Trinajstić information content (AvgIpc) is 3.35. The Kier molecular flexibility index (Phi) is 17.0. The molecular weight excluding hydrogens is 503 g/mol. The van der Waals surface area contributed by atoms with Gasteiger partial charge in [0.05, 0.1) is 18.3 Å². The molecule has 2 aromatic rings. The van der Waals surface area contributed by atoms with Gasteiger partial charge in [-0.05, 0) is 69.0 Å². The first kappa shape index (κ1) is 35.5. The number of H-pyrrole nitrogens is 1. The Hall–Kier alpha value is -3.50. The summed E-state index contributed by atoms with van der Waals surface area (Å²) < 4.78 is 13.4. The SMILES string of the molecule is CC.CCC(O)CCNC=O.CN(C)C(=O)CCO.Cc1[nH]c(/C=C2\C(=O)Nc3ccc(F)cc32)c(C)c1C. The first-order valence-electron chi connectivity index (χ1n) is 13.1. The van der Waals surface area contributed by atoms with Crippen molar-refractivity contribution in [1.82, 2.24) is 15.2 Å². The normalized spacial score (nSPS) is 12.9. The molecule has 1 aromatic carbocycles. The molecule has 9 nitrogen and oxygen atoms in total. The number of anilines is 1. The Morgan fingerprint density at radius 3 is 2.28 bits per heavy atom. The number of rotatable bonds is 8. The highest BCUT2D eigenvalue weighted by Gasteiger charge is 2.25.